The first kappa shape index (κ1) is 16.5. The Kier molecular flexibility index (Phi) is 7.21. The fourth-order valence-corrected chi connectivity index (χ4v) is 5.10. The number of amides is 1. The van der Waals surface area contributed by atoms with Crippen LogP contribution in [0.25, 0.3) is 0 Å². The van der Waals surface area contributed by atoms with Crippen LogP contribution in [0.4, 0.5) is 0 Å². The Morgan fingerprint density at radius 3 is 2.89 bits per heavy atom. The molecule has 3 nitrogen and oxygen atoms in total. The molecule has 0 saturated carbocycles. The van der Waals surface area contributed by atoms with E-state index in [1.165, 1.54) is 17.3 Å². The number of halogens is 1. The summed E-state index contributed by atoms with van der Waals surface area (Å²) in [5.74, 6) is 3.88. The number of rotatable bonds is 4. The third kappa shape index (κ3) is 3.95. The van der Waals surface area contributed by atoms with E-state index in [1.807, 2.05) is 23.5 Å². The molecule has 2 saturated heterocycles. The largest absolute Gasteiger partial charge is 0.353 e. The molecule has 2 unspecified atom stereocenters. The molecular weight excluding hydrogens is 288 g/mol. The van der Waals surface area contributed by atoms with E-state index >= 15 is 0 Å². The maximum Gasteiger partial charge on any atom is 0.240 e. The van der Waals surface area contributed by atoms with E-state index < -0.39 is 0 Å². The van der Waals surface area contributed by atoms with Crippen LogP contribution in [0.2, 0.25) is 0 Å². The maximum atomic E-state index is 12.3. The number of nitrogens with one attached hydrogen (secondary N) is 2. The second-order valence-corrected chi connectivity index (χ2v) is 7.30. The van der Waals surface area contributed by atoms with Crippen LogP contribution in [0, 0.1) is 0 Å². The summed E-state index contributed by atoms with van der Waals surface area (Å²) < 4.78 is 0. The minimum Gasteiger partial charge on any atom is -0.353 e. The smallest absolute Gasteiger partial charge is 0.240 e. The molecule has 0 radical (unpaired) electrons. The Bertz CT molecular complexity index is 267. The van der Waals surface area contributed by atoms with E-state index in [4.69, 9.17) is 0 Å². The molecule has 18 heavy (non-hydrogen) atoms. The zero-order valence-corrected chi connectivity index (χ0v) is 13.3. The van der Waals surface area contributed by atoms with Crippen LogP contribution in [0.15, 0.2) is 0 Å². The van der Waals surface area contributed by atoms with Gasteiger partial charge in [-0.2, -0.15) is 23.5 Å². The highest BCUT2D eigenvalue weighted by Crippen LogP contribution is 2.25. The highest BCUT2D eigenvalue weighted by molar-refractivity contribution is 8.06. The van der Waals surface area contributed by atoms with Gasteiger partial charge in [0.15, 0.2) is 0 Å². The second kappa shape index (κ2) is 7.88. The fourth-order valence-electron chi connectivity index (χ4n) is 2.49. The molecule has 0 bridgehead atoms. The zero-order valence-electron chi connectivity index (χ0n) is 10.9. The molecule has 2 aliphatic heterocycles. The van der Waals surface area contributed by atoms with Crippen molar-refractivity contribution in [3.05, 3.63) is 0 Å². The van der Waals surface area contributed by atoms with Gasteiger partial charge in [-0.05, 0) is 25.8 Å². The van der Waals surface area contributed by atoms with Crippen LogP contribution in [-0.4, -0.2) is 47.0 Å². The van der Waals surface area contributed by atoms with Gasteiger partial charge in [0.1, 0.15) is 0 Å². The van der Waals surface area contributed by atoms with Crippen molar-refractivity contribution in [3.8, 4) is 0 Å². The SMILES string of the molecule is CCC1(C(=O)NCC2CSCCS2)CCCN1.Cl. The Morgan fingerprint density at radius 2 is 2.33 bits per heavy atom. The average molecular weight is 311 g/mol. The van der Waals surface area contributed by atoms with Gasteiger partial charge in [0, 0.05) is 29.1 Å². The molecule has 0 aliphatic carbocycles. The molecule has 106 valence electrons. The number of hydrogen-bond donors (Lipinski definition) is 2. The molecule has 2 aliphatic rings. The monoisotopic (exact) mass is 310 g/mol. The standard InChI is InChI=1S/C12H22N2OS2.ClH/c1-2-12(4-3-5-14-12)11(15)13-8-10-9-16-6-7-17-10;/h10,14H,2-9H2,1H3,(H,13,15);1H. The van der Waals surface area contributed by atoms with Crippen LogP contribution in [0.3, 0.4) is 0 Å². The van der Waals surface area contributed by atoms with E-state index in [2.05, 4.69) is 17.6 Å². The van der Waals surface area contributed by atoms with E-state index in [9.17, 15) is 4.79 Å². The molecule has 0 aromatic carbocycles. The van der Waals surface area contributed by atoms with Crippen LogP contribution < -0.4 is 10.6 Å². The molecule has 0 spiro atoms. The topological polar surface area (TPSA) is 41.1 Å². The van der Waals surface area contributed by atoms with E-state index in [0.29, 0.717) is 5.25 Å². The van der Waals surface area contributed by atoms with Crippen molar-refractivity contribution in [1.82, 2.24) is 10.6 Å². The molecule has 2 rings (SSSR count). The lowest BCUT2D eigenvalue weighted by molar-refractivity contribution is -0.127. The van der Waals surface area contributed by atoms with Gasteiger partial charge in [0.05, 0.1) is 5.54 Å². The number of carbonyl (C=O) groups excluding carboxylic acids is 1. The maximum absolute atomic E-state index is 12.3. The summed E-state index contributed by atoms with van der Waals surface area (Å²) in [6.07, 6.45) is 3.00. The van der Waals surface area contributed by atoms with Crippen molar-refractivity contribution < 1.29 is 4.79 Å². The summed E-state index contributed by atoms with van der Waals surface area (Å²) in [5, 5.41) is 7.14. The van der Waals surface area contributed by atoms with Gasteiger partial charge < -0.3 is 10.6 Å². The summed E-state index contributed by atoms with van der Waals surface area (Å²) in [4.78, 5) is 12.3. The van der Waals surface area contributed by atoms with Gasteiger partial charge in [-0.1, -0.05) is 6.92 Å². The first-order valence-electron chi connectivity index (χ1n) is 6.49. The highest BCUT2D eigenvalue weighted by atomic mass is 35.5. The van der Waals surface area contributed by atoms with Crippen molar-refractivity contribution in [2.75, 3.05) is 30.3 Å². The molecular formula is C12H23ClN2OS2. The molecule has 2 fully saturated rings. The normalized spacial score (nSPS) is 31.7. The summed E-state index contributed by atoms with van der Waals surface area (Å²) in [5.41, 5.74) is -0.271. The fraction of sp³-hybridized carbons (Fsp3) is 0.917. The van der Waals surface area contributed by atoms with Gasteiger partial charge in [0.2, 0.25) is 5.91 Å². The molecule has 0 aromatic rings. The second-order valence-electron chi connectivity index (χ2n) is 4.74. The lowest BCUT2D eigenvalue weighted by Crippen LogP contribution is -2.54. The van der Waals surface area contributed by atoms with Crippen LogP contribution in [0.5, 0.6) is 0 Å². The molecule has 2 atom stereocenters. The van der Waals surface area contributed by atoms with Crippen LogP contribution in [-0.2, 0) is 4.79 Å². The lowest BCUT2D eigenvalue weighted by Gasteiger charge is -2.28. The van der Waals surface area contributed by atoms with Gasteiger partial charge in [-0.25, -0.2) is 0 Å². The van der Waals surface area contributed by atoms with Crippen LogP contribution in [0.1, 0.15) is 26.2 Å². The lowest BCUT2D eigenvalue weighted by atomic mass is 9.93. The Labute approximate surface area is 124 Å². The van der Waals surface area contributed by atoms with Crippen molar-refractivity contribution in [2.24, 2.45) is 0 Å². The first-order chi connectivity index (χ1) is 8.27. The average Bonchev–Trinajstić information content (AvgIpc) is 2.87. The van der Waals surface area contributed by atoms with Crippen molar-refractivity contribution in [1.29, 1.82) is 0 Å². The summed E-state index contributed by atoms with van der Waals surface area (Å²) >= 11 is 4.00. The predicted molar refractivity (Wildman–Crippen MR) is 84.1 cm³/mol. The molecule has 0 aromatic heterocycles. The van der Waals surface area contributed by atoms with E-state index in [1.54, 1.807) is 0 Å². The Hall–Kier alpha value is 0.420. The zero-order chi connectivity index (χ0) is 12.1. The van der Waals surface area contributed by atoms with Crippen LogP contribution >= 0.6 is 35.9 Å². The van der Waals surface area contributed by atoms with Gasteiger partial charge in [-0.15, -0.1) is 12.4 Å². The summed E-state index contributed by atoms with van der Waals surface area (Å²) in [6, 6.07) is 0. The van der Waals surface area contributed by atoms with Crippen molar-refractivity contribution >= 4 is 41.8 Å². The summed E-state index contributed by atoms with van der Waals surface area (Å²) in [6.45, 7) is 3.92. The highest BCUT2D eigenvalue weighted by Gasteiger charge is 2.39. The van der Waals surface area contributed by atoms with Gasteiger partial charge in [0.25, 0.3) is 0 Å². The van der Waals surface area contributed by atoms with Gasteiger partial charge in [-0.3, -0.25) is 4.79 Å². The third-order valence-electron chi connectivity index (χ3n) is 3.66. The molecule has 1 amide bonds. The predicted octanol–water partition coefficient (Wildman–Crippen LogP) is 1.91. The Morgan fingerprint density at radius 1 is 1.50 bits per heavy atom. The van der Waals surface area contributed by atoms with Crippen molar-refractivity contribution in [2.45, 2.75) is 37.0 Å². The Balaban J connectivity index is 0.00000162. The quantitative estimate of drug-likeness (QED) is 0.832. The minimum absolute atomic E-state index is 0. The van der Waals surface area contributed by atoms with E-state index in [-0.39, 0.29) is 23.9 Å². The summed E-state index contributed by atoms with van der Waals surface area (Å²) in [7, 11) is 0. The number of thioether (sulfide) groups is 2. The third-order valence-corrected chi connectivity index (χ3v) is 6.50. The number of hydrogen-bond acceptors (Lipinski definition) is 4. The first-order valence-corrected chi connectivity index (χ1v) is 8.70. The molecule has 2 heterocycles. The van der Waals surface area contributed by atoms with E-state index in [0.717, 1.165) is 32.4 Å². The van der Waals surface area contributed by atoms with Gasteiger partial charge >= 0.3 is 0 Å². The molecule has 6 heteroatoms. The minimum atomic E-state index is -0.271. The molecule has 2 N–H and O–H groups in total. The van der Waals surface area contributed by atoms with Crippen molar-refractivity contribution in [3.63, 3.8) is 0 Å². The number of carbonyl (C=O) groups is 1.